The highest BCUT2D eigenvalue weighted by molar-refractivity contribution is 6.31. The first-order valence-electron chi connectivity index (χ1n) is 16.3. The van der Waals surface area contributed by atoms with Gasteiger partial charge in [-0.1, -0.05) is 64.8 Å². The summed E-state index contributed by atoms with van der Waals surface area (Å²) in [5.74, 6) is 1.58. The molecule has 0 saturated heterocycles. The molecule has 9 atom stereocenters. The van der Waals surface area contributed by atoms with Crippen LogP contribution in [0.25, 0.3) is 10.9 Å². The number of benzene rings is 1. The number of halogens is 1. The van der Waals surface area contributed by atoms with Crippen molar-refractivity contribution in [2.75, 3.05) is 0 Å². The van der Waals surface area contributed by atoms with Gasteiger partial charge in [0, 0.05) is 21.2 Å². The van der Waals surface area contributed by atoms with Crippen LogP contribution in [0.3, 0.4) is 0 Å². The molecule has 0 aliphatic heterocycles. The van der Waals surface area contributed by atoms with E-state index in [4.69, 9.17) is 16.6 Å². The van der Waals surface area contributed by atoms with Crippen LogP contribution in [0.2, 0.25) is 5.02 Å². The molecule has 0 bridgehead atoms. The summed E-state index contributed by atoms with van der Waals surface area (Å²) in [4.78, 5) is 5.20. The Morgan fingerprint density at radius 2 is 1.79 bits per heavy atom. The van der Waals surface area contributed by atoms with E-state index in [1.807, 2.05) is 18.2 Å². The maximum Gasteiger partial charge on any atom is 0.0849 e. The van der Waals surface area contributed by atoms with Gasteiger partial charge in [-0.2, -0.15) is 0 Å². The van der Waals surface area contributed by atoms with Crippen LogP contribution in [0.5, 0.6) is 0 Å². The van der Waals surface area contributed by atoms with Crippen LogP contribution < -0.4 is 0 Å². The largest absolute Gasteiger partial charge is 0.393 e. The van der Waals surface area contributed by atoms with E-state index in [0.717, 1.165) is 48.0 Å². The van der Waals surface area contributed by atoms with Gasteiger partial charge in [-0.05, 0) is 123 Å². The van der Waals surface area contributed by atoms with Crippen LogP contribution in [0.15, 0.2) is 35.9 Å². The molecule has 2 saturated carbocycles. The molecule has 4 nitrogen and oxygen atoms in total. The number of aliphatic hydroxyl groups excluding tert-OH is 2. The minimum absolute atomic E-state index is 0.0254. The highest BCUT2D eigenvalue weighted by Crippen LogP contribution is 2.74. The summed E-state index contributed by atoms with van der Waals surface area (Å²) in [6.07, 6.45) is 8.02. The monoisotopic (exact) mass is 593 g/mol. The predicted molar refractivity (Wildman–Crippen MR) is 172 cm³/mol. The standard InChI is InChI=1S/C37H52ClNO3/c1-21(9-14-30(40)34(4,5)42)25-15-16-35(6)29-13-11-26-27(37(29,8)31(41)20-36(25,35)7)19-23-17-22-18-24(38)10-12-28(22)39-32(23)33(26,2)3/h10-12,17-18,21,25,27,29-31,40-42H,9,13-16,19-20H2,1-8H3/t21-,25-,27-,29+,30-,31-,35+,36-,37+/m1/s1. The summed E-state index contributed by atoms with van der Waals surface area (Å²) in [6, 6.07) is 8.29. The summed E-state index contributed by atoms with van der Waals surface area (Å²) in [5.41, 5.74) is 3.58. The summed E-state index contributed by atoms with van der Waals surface area (Å²) in [5, 5.41) is 35.0. The topological polar surface area (TPSA) is 73.6 Å². The Balaban J connectivity index is 1.35. The fraction of sp³-hybridized carbons (Fsp3) is 0.703. The molecule has 0 unspecified atom stereocenters. The molecule has 1 aromatic heterocycles. The number of rotatable bonds is 5. The van der Waals surface area contributed by atoms with Crippen molar-refractivity contribution in [3.8, 4) is 0 Å². The fourth-order valence-corrected chi connectivity index (χ4v) is 11.0. The zero-order chi connectivity index (χ0) is 30.6. The summed E-state index contributed by atoms with van der Waals surface area (Å²) < 4.78 is 0. The van der Waals surface area contributed by atoms with Crippen LogP contribution in [0.4, 0.5) is 0 Å². The normalized spacial score (nSPS) is 38.6. The number of aliphatic hydroxyl groups is 3. The van der Waals surface area contributed by atoms with Gasteiger partial charge in [-0.25, -0.2) is 0 Å². The van der Waals surface area contributed by atoms with Crippen molar-refractivity contribution < 1.29 is 15.3 Å². The van der Waals surface area contributed by atoms with Crippen molar-refractivity contribution in [1.82, 2.24) is 4.98 Å². The second-order valence-electron chi connectivity index (χ2n) is 16.5. The molecule has 1 heterocycles. The first kappa shape index (κ1) is 30.6. The molecule has 0 spiro atoms. The zero-order valence-electron chi connectivity index (χ0n) is 27.0. The van der Waals surface area contributed by atoms with Crippen molar-refractivity contribution >= 4 is 22.5 Å². The lowest BCUT2D eigenvalue weighted by atomic mass is 9.38. The molecule has 230 valence electrons. The molecule has 0 radical (unpaired) electrons. The van der Waals surface area contributed by atoms with E-state index in [-0.39, 0.29) is 33.7 Å². The second-order valence-corrected chi connectivity index (χ2v) is 16.9. The number of pyridine rings is 1. The molecule has 2 fully saturated rings. The summed E-state index contributed by atoms with van der Waals surface area (Å²) in [6.45, 7) is 17.8. The Kier molecular flexibility index (Phi) is 7.11. The van der Waals surface area contributed by atoms with E-state index >= 15 is 0 Å². The molecule has 6 rings (SSSR count). The molecular formula is C37H52ClNO3. The Morgan fingerprint density at radius 3 is 2.48 bits per heavy atom. The van der Waals surface area contributed by atoms with Crippen LogP contribution in [0.1, 0.15) is 105 Å². The lowest BCUT2D eigenvalue weighted by Gasteiger charge is -2.67. The molecule has 0 amide bonds. The molecule has 4 aliphatic rings. The van der Waals surface area contributed by atoms with E-state index in [9.17, 15) is 15.3 Å². The number of aromatic nitrogens is 1. The second kappa shape index (κ2) is 9.77. The van der Waals surface area contributed by atoms with Gasteiger partial charge in [0.05, 0.1) is 29.0 Å². The van der Waals surface area contributed by atoms with E-state index in [2.05, 4.69) is 53.7 Å². The van der Waals surface area contributed by atoms with Crippen molar-refractivity contribution in [1.29, 1.82) is 0 Å². The van der Waals surface area contributed by atoms with E-state index in [1.165, 1.54) is 23.3 Å². The van der Waals surface area contributed by atoms with Crippen molar-refractivity contribution in [2.24, 2.45) is 39.9 Å². The van der Waals surface area contributed by atoms with Gasteiger partial charge in [0.2, 0.25) is 0 Å². The number of fused-ring (bicyclic) bond motifs is 7. The Bertz CT molecular complexity index is 1430. The Labute approximate surface area is 258 Å². The maximum absolute atomic E-state index is 12.3. The molecule has 3 N–H and O–H groups in total. The van der Waals surface area contributed by atoms with Gasteiger partial charge in [0.15, 0.2) is 0 Å². The SMILES string of the molecule is C[C@H](CC[C@@H](O)C(C)(C)O)[C@H]1CC[C@@]2(C)[C@@H]3CC=C4[C@@H](Cc5cc6cc(Cl)ccc6nc5C4(C)C)[C@]3(C)[C@H](O)C[C@]12C. The van der Waals surface area contributed by atoms with Crippen molar-refractivity contribution in [3.05, 3.63) is 52.2 Å². The van der Waals surface area contributed by atoms with E-state index in [0.29, 0.717) is 24.2 Å². The molecule has 1 aromatic carbocycles. The number of allylic oxidation sites excluding steroid dienone is 2. The highest BCUT2D eigenvalue weighted by Gasteiger charge is 2.70. The minimum atomic E-state index is -1.08. The lowest BCUT2D eigenvalue weighted by Crippen LogP contribution is -2.64. The van der Waals surface area contributed by atoms with Crippen molar-refractivity contribution in [3.63, 3.8) is 0 Å². The average molecular weight is 594 g/mol. The quantitative estimate of drug-likeness (QED) is 0.307. The third-order valence-corrected chi connectivity index (χ3v) is 13.9. The summed E-state index contributed by atoms with van der Waals surface area (Å²) in [7, 11) is 0. The van der Waals surface area contributed by atoms with Gasteiger partial charge in [-0.3, -0.25) is 4.98 Å². The number of hydrogen-bond acceptors (Lipinski definition) is 4. The van der Waals surface area contributed by atoms with Crippen molar-refractivity contribution in [2.45, 2.75) is 124 Å². The first-order valence-corrected chi connectivity index (χ1v) is 16.7. The van der Waals surface area contributed by atoms with Crippen LogP contribution in [0, 0.1) is 39.9 Å². The van der Waals surface area contributed by atoms with E-state index < -0.39 is 11.7 Å². The van der Waals surface area contributed by atoms with Gasteiger partial charge in [-0.15, -0.1) is 0 Å². The van der Waals surface area contributed by atoms with Gasteiger partial charge in [0.25, 0.3) is 0 Å². The third kappa shape index (κ3) is 4.21. The number of nitrogens with zero attached hydrogens (tertiary/aromatic N) is 1. The summed E-state index contributed by atoms with van der Waals surface area (Å²) >= 11 is 6.38. The lowest BCUT2D eigenvalue weighted by molar-refractivity contribution is -0.198. The van der Waals surface area contributed by atoms with E-state index in [1.54, 1.807) is 13.8 Å². The molecule has 4 aliphatic carbocycles. The zero-order valence-corrected chi connectivity index (χ0v) is 27.7. The minimum Gasteiger partial charge on any atom is -0.393 e. The van der Waals surface area contributed by atoms with Gasteiger partial charge in [0.1, 0.15) is 0 Å². The molecular weight excluding hydrogens is 542 g/mol. The first-order chi connectivity index (χ1) is 19.4. The third-order valence-electron chi connectivity index (χ3n) is 13.6. The smallest absolute Gasteiger partial charge is 0.0849 e. The molecule has 2 aromatic rings. The number of hydrogen-bond donors (Lipinski definition) is 3. The van der Waals surface area contributed by atoms with Crippen LogP contribution in [-0.4, -0.2) is 38.1 Å². The fourth-order valence-electron chi connectivity index (χ4n) is 10.8. The maximum atomic E-state index is 12.3. The molecule has 42 heavy (non-hydrogen) atoms. The van der Waals surface area contributed by atoms with Crippen LogP contribution >= 0.6 is 11.6 Å². The van der Waals surface area contributed by atoms with Gasteiger partial charge < -0.3 is 15.3 Å². The average Bonchev–Trinajstić information content (AvgIpc) is 3.16. The van der Waals surface area contributed by atoms with Crippen LogP contribution in [-0.2, 0) is 11.8 Å². The Hall–Kier alpha value is -1.46. The molecule has 5 heteroatoms. The predicted octanol–water partition coefficient (Wildman–Crippen LogP) is 8.03. The van der Waals surface area contributed by atoms with Gasteiger partial charge >= 0.3 is 0 Å². The Morgan fingerprint density at radius 1 is 1.07 bits per heavy atom. The highest BCUT2D eigenvalue weighted by atomic mass is 35.5.